The van der Waals surface area contributed by atoms with Crippen LogP contribution in [0.2, 0.25) is 0 Å². The normalized spacial score (nSPS) is 22.6. The largest absolute Gasteiger partial charge is 0.270 e. The van der Waals surface area contributed by atoms with Crippen LogP contribution in [0.25, 0.3) is 0 Å². The molecule has 0 bridgehead atoms. The minimum atomic E-state index is 0.0888. The van der Waals surface area contributed by atoms with Crippen LogP contribution in [-0.2, 0) is 0 Å². The fourth-order valence-electron chi connectivity index (χ4n) is 1.53. The van der Waals surface area contributed by atoms with Crippen molar-refractivity contribution < 1.29 is 0 Å². The zero-order valence-corrected chi connectivity index (χ0v) is 12.7. The minimum Gasteiger partial charge on any atom is -0.270 e. The van der Waals surface area contributed by atoms with Gasteiger partial charge in [0.2, 0.25) is 0 Å². The Morgan fingerprint density at radius 2 is 1.56 bits per heavy atom. The maximum atomic E-state index is 4.68. The lowest BCUT2D eigenvalue weighted by molar-refractivity contribution is 0.515. The number of allylic oxidation sites excluding steroid dienone is 3. The predicted octanol–water partition coefficient (Wildman–Crippen LogP) is 4.74. The molecule has 1 rings (SSSR count). The topological polar surface area (TPSA) is 12.4 Å². The lowest BCUT2D eigenvalue weighted by atomic mass is 9.84. The molecule has 1 unspecified atom stereocenters. The molecular formula is C14H22BrN. The quantitative estimate of drug-likeness (QED) is 0.450. The molecule has 0 spiro atoms. The van der Waals surface area contributed by atoms with Crippen LogP contribution in [0.15, 0.2) is 28.8 Å². The first-order valence-electron chi connectivity index (χ1n) is 5.73. The molecule has 16 heavy (non-hydrogen) atoms. The van der Waals surface area contributed by atoms with E-state index < -0.39 is 0 Å². The van der Waals surface area contributed by atoms with Gasteiger partial charge in [0.05, 0.1) is 0 Å². The highest BCUT2D eigenvalue weighted by Gasteiger charge is 2.22. The average molecular weight is 284 g/mol. The van der Waals surface area contributed by atoms with Crippen LogP contribution in [0.1, 0.15) is 41.5 Å². The van der Waals surface area contributed by atoms with Crippen molar-refractivity contribution in [2.75, 3.05) is 0 Å². The molecule has 0 aliphatic carbocycles. The van der Waals surface area contributed by atoms with Gasteiger partial charge < -0.3 is 0 Å². The standard InChI is InChI=1S/C14H22BrN/c1-13(2,3)10-7-8-11(14(4,5)6)16-12(15)9-10/h7-9,12H,1-6H3. The van der Waals surface area contributed by atoms with E-state index in [0.717, 1.165) is 5.71 Å². The molecule has 0 fully saturated rings. The summed E-state index contributed by atoms with van der Waals surface area (Å²) in [6.45, 7) is 13.3. The Balaban J connectivity index is 3.06. The van der Waals surface area contributed by atoms with Crippen molar-refractivity contribution in [3.05, 3.63) is 23.8 Å². The Morgan fingerprint density at radius 1 is 1.00 bits per heavy atom. The Hall–Kier alpha value is -0.370. The molecule has 0 N–H and O–H groups in total. The summed E-state index contributed by atoms with van der Waals surface area (Å²) < 4.78 is 0. The maximum absolute atomic E-state index is 4.68. The van der Waals surface area contributed by atoms with Gasteiger partial charge >= 0.3 is 0 Å². The van der Waals surface area contributed by atoms with E-state index in [9.17, 15) is 0 Å². The summed E-state index contributed by atoms with van der Waals surface area (Å²) >= 11 is 3.60. The van der Waals surface area contributed by atoms with Crippen molar-refractivity contribution in [1.82, 2.24) is 0 Å². The Kier molecular flexibility index (Phi) is 3.83. The first-order valence-corrected chi connectivity index (χ1v) is 6.65. The molecule has 2 heteroatoms. The molecule has 90 valence electrons. The second-order valence-electron chi connectivity index (χ2n) is 6.34. The van der Waals surface area contributed by atoms with Gasteiger partial charge in [-0.25, -0.2) is 0 Å². The number of alkyl halides is 1. The Bertz CT molecular complexity index is 314. The first-order chi connectivity index (χ1) is 7.10. The fourth-order valence-corrected chi connectivity index (χ4v) is 2.03. The SMILES string of the molecule is CC(C)(C)C1=CC(Br)N=C(C(C)(C)C)C=C1. The molecule has 1 aliphatic heterocycles. The van der Waals surface area contributed by atoms with Crippen molar-refractivity contribution in [3.63, 3.8) is 0 Å². The van der Waals surface area contributed by atoms with E-state index in [1.165, 1.54) is 5.57 Å². The molecule has 0 saturated heterocycles. The number of halogens is 1. The average Bonchev–Trinajstić information content (AvgIpc) is 2.24. The molecule has 1 nitrogen and oxygen atoms in total. The van der Waals surface area contributed by atoms with E-state index in [2.05, 4.69) is 80.7 Å². The van der Waals surface area contributed by atoms with Crippen molar-refractivity contribution in [2.24, 2.45) is 15.8 Å². The van der Waals surface area contributed by atoms with Gasteiger partial charge in [0.15, 0.2) is 0 Å². The number of hydrogen-bond donors (Lipinski definition) is 0. The lowest BCUT2D eigenvalue weighted by Gasteiger charge is -2.20. The molecular weight excluding hydrogens is 262 g/mol. The maximum Gasteiger partial charge on any atom is 0.124 e. The minimum absolute atomic E-state index is 0.0888. The second-order valence-corrected chi connectivity index (χ2v) is 7.28. The highest BCUT2D eigenvalue weighted by atomic mass is 79.9. The van der Waals surface area contributed by atoms with Gasteiger partial charge in [0.1, 0.15) is 4.95 Å². The van der Waals surface area contributed by atoms with Crippen molar-refractivity contribution in [1.29, 1.82) is 0 Å². The molecule has 0 aromatic carbocycles. The van der Waals surface area contributed by atoms with Gasteiger partial charge in [0, 0.05) is 11.1 Å². The van der Waals surface area contributed by atoms with Gasteiger partial charge in [-0.05, 0) is 23.1 Å². The molecule has 0 saturated carbocycles. The van der Waals surface area contributed by atoms with Gasteiger partial charge in [-0.1, -0.05) is 63.5 Å². The number of aliphatic imine (C=N–C) groups is 1. The third-order valence-corrected chi connectivity index (χ3v) is 3.10. The van der Waals surface area contributed by atoms with Crippen LogP contribution in [-0.4, -0.2) is 10.7 Å². The third kappa shape index (κ3) is 3.58. The molecule has 1 heterocycles. The summed E-state index contributed by atoms with van der Waals surface area (Å²) in [4.78, 5) is 4.77. The Morgan fingerprint density at radius 3 is 2.00 bits per heavy atom. The summed E-state index contributed by atoms with van der Waals surface area (Å²) in [6.07, 6.45) is 6.54. The number of rotatable bonds is 0. The summed E-state index contributed by atoms with van der Waals surface area (Å²) in [5.74, 6) is 0. The van der Waals surface area contributed by atoms with E-state index in [0.29, 0.717) is 0 Å². The summed E-state index contributed by atoms with van der Waals surface area (Å²) in [7, 11) is 0. The molecule has 0 aromatic rings. The molecule has 0 amide bonds. The zero-order chi connectivity index (χ0) is 12.6. The van der Waals surface area contributed by atoms with Crippen molar-refractivity contribution >= 4 is 21.6 Å². The van der Waals surface area contributed by atoms with E-state index in [1.54, 1.807) is 0 Å². The van der Waals surface area contributed by atoms with E-state index in [4.69, 9.17) is 0 Å². The van der Waals surface area contributed by atoms with Crippen LogP contribution >= 0.6 is 15.9 Å². The monoisotopic (exact) mass is 283 g/mol. The summed E-state index contributed by atoms with van der Waals surface area (Å²) in [5, 5.41) is 0. The molecule has 1 aliphatic rings. The van der Waals surface area contributed by atoms with E-state index in [1.807, 2.05) is 0 Å². The Labute approximate surface area is 108 Å². The summed E-state index contributed by atoms with van der Waals surface area (Å²) in [5.41, 5.74) is 2.75. The van der Waals surface area contributed by atoms with Gasteiger partial charge in [-0.3, -0.25) is 4.99 Å². The molecule has 0 radical (unpaired) electrons. The van der Waals surface area contributed by atoms with Gasteiger partial charge in [-0.2, -0.15) is 0 Å². The number of hydrogen-bond acceptors (Lipinski definition) is 1. The van der Waals surface area contributed by atoms with E-state index >= 15 is 0 Å². The lowest BCUT2D eigenvalue weighted by Crippen LogP contribution is -2.18. The van der Waals surface area contributed by atoms with Crippen LogP contribution in [0.5, 0.6) is 0 Å². The first kappa shape index (κ1) is 13.7. The van der Waals surface area contributed by atoms with E-state index in [-0.39, 0.29) is 15.8 Å². The van der Waals surface area contributed by atoms with Gasteiger partial charge in [0.25, 0.3) is 0 Å². The highest BCUT2D eigenvalue weighted by molar-refractivity contribution is 9.09. The highest BCUT2D eigenvalue weighted by Crippen LogP contribution is 2.31. The van der Waals surface area contributed by atoms with Gasteiger partial charge in [-0.15, -0.1) is 0 Å². The summed E-state index contributed by atoms with van der Waals surface area (Å²) in [6, 6.07) is 0. The van der Waals surface area contributed by atoms with Crippen LogP contribution < -0.4 is 0 Å². The smallest absolute Gasteiger partial charge is 0.124 e. The third-order valence-electron chi connectivity index (χ3n) is 2.63. The van der Waals surface area contributed by atoms with Crippen molar-refractivity contribution in [2.45, 2.75) is 46.5 Å². The fraction of sp³-hybridized carbons (Fsp3) is 0.643. The van der Waals surface area contributed by atoms with Crippen molar-refractivity contribution in [3.8, 4) is 0 Å². The molecule has 1 atom stereocenters. The molecule has 0 aromatic heterocycles. The van der Waals surface area contributed by atoms with Crippen LogP contribution in [0.4, 0.5) is 0 Å². The second kappa shape index (κ2) is 4.48. The zero-order valence-electron chi connectivity index (χ0n) is 11.1. The predicted molar refractivity (Wildman–Crippen MR) is 76.3 cm³/mol. The van der Waals surface area contributed by atoms with Crippen LogP contribution in [0.3, 0.4) is 0 Å². The van der Waals surface area contributed by atoms with Crippen LogP contribution in [0, 0.1) is 10.8 Å². The number of nitrogens with zero attached hydrogens (tertiary/aromatic N) is 1.